The monoisotopic (exact) mass is 250 g/mol. The van der Waals surface area contributed by atoms with E-state index in [1.165, 1.54) is 0 Å². The largest absolute Gasteiger partial charge is 0.494 e. The van der Waals surface area contributed by atoms with Gasteiger partial charge >= 0.3 is 0 Å². The topological polar surface area (TPSA) is 38.7 Å². The fourth-order valence-electron chi connectivity index (χ4n) is 2.79. The van der Waals surface area contributed by atoms with Gasteiger partial charge in [0.05, 0.1) is 12.7 Å². The summed E-state index contributed by atoms with van der Waals surface area (Å²) >= 11 is 0. The summed E-state index contributed by atoms with van der Waals surface area (Å²) in [5.41, 5.74) is 0.0279. The standard InChI is InChI=1S/C15H22O3/c1-3-18-13-8-6-7-12(11-13)15(16)10-5-4-9-14(15)17-2/h6-8,11,14,16H,3-5,9-10H2,1-2H3. The molecule has 2 atom stereocenters. The second kappa shape index (κ2) is 5.72. The molecule has 3 heteroatoms. The molecule has 100 valence electrons. The van der Waals surface area contributed by atoms with E-state index >= 15 is 0 Å². The zero-order valence-corrected chi connectivity index (χ0v) is 11.2. The van der Waals surface area contributed by atoms with E-state index in [-0.39, 0.29) is 6.10 Å². The van der Waals surface area contributed by atoms with Gasteiger partial charge in [0.25, 0.3) is 0 Å². The first kappa shape index (κ1) is 13.4. The first-order valence-corrected chi connectivity index (χ1v) is 6.69. The van der Waals surface area contributed by atoms with Crippen molar-refractivity contribution in [3.63, 3.8) is 0 Å². The Morgan fingerprint density at radius 2 is 2.22 bits per heavy atom. The van der Waals surface area contributed by atoms with E-state index in [0.29, 0.717) is 6.61 Å². The van der Waals surface area contributed by atoms with Crippen LogP contribution < -0.4 is 4.74 Å². The van der Waals surface area contributed by atoms with E-state index in [0.717, 1.165) is 37.0 Å². The van der Waals surface area contributed by atoms with Crippen LogP contribution in [-0.4, -0.2) is 24.9 Å². The van der Waals surface area contributed by atoms with E-state index in [1.807, 2.05) is 31.2 Å². The van der Waals surface area contributed by atoms with Gasteiger partial charge in [0.2, 0.25) is 0 Å². The lowest BCUT2D eigenvalue weighted by atomic mass is 9.77. The van der Waals surface area contributed by atoms with Crippen molar-refractivity contribution in [1.29, 1.82) is 0 Å². The Balaban J connectivity index is 2.29. The van der Waals surface area contributed by atoms with Crippen LogP contribution in [0.25, 0.3) is 0 Å². The summed E-state index contributed by atoms with van der Waals surface area (Å²) in [6.45, 7) is 2.59. The maximum atomic E-state index is 10.9. The van der Waals surface area contributed by atoms with Gasteiger partial charge in [-0.1, -0.05) is 25.0 Å². The molecule has 0 heterocycles. The Hall–Kier alpha value is -1.06. The van der Waals surface area contributed by atoms with Gasteiger partial charge < -0.3 is 14.6 Å². The molecule has 1 aliphatic rings. The van der Waals surface area contributed by atoms with Crippen LogP contribution in [0.2, 0.25) is 0 Å². The SMILES string of the molecule is CCOc1cccc(C2(O)CCCCC2OC)c1. The van der Waals surface area contributed by atoms with Crippen LogP contribution in [0.3, 0.4) is 0 Å². The minimum atomic E-state index is -0.875. The smallest absolute Gasteiger partial charge is 0.119 e. The van der Waals surface area contributed by atoms with Crippen LogP contribution in [0.1, 0.15) is 38.2 Å². The molecule has 1 aliphatic carbocycles. The number of aliphatic hydroxyl groups is 1. The summed E-state index contributed by atoms with van der Waals surface area (Å²) < 4.78 is 11.0. The Morgan fingerprint density at radius 1 is 1.39 bits per heavy atom. The maximum absolute atomic E-state index is 10.9. The quantitative estimate of drug-likeness (QED) is 0.893. The predicted molar refractivity (Wildman–Crippen MR) is 70.8 cm³/mol. The molecule has 0 amide bonds. The average Bonchev–Trinajstić information content (AvgIpc) is 2.40. The molecular weight excluding hydrogens is 228 g/mol. The Morgan fingerprint density at radius 3 is 2.94 bits per heavy atom. The fraction of sp³-hybridized carbons (Fsp3) is 0.600. The number of hydrogen-bond donors (Lipinski definition) is 1. The molecule has 1 aromatic rings. The predicted octanol–water partition coefficient (Wildman–Crippen LogP) is 2.86. The van der Waals surface area contributed by atoms with Gasteiger partial charge in [-0.15, -0.1) is 0 Å². The van der Waals surface area contributed by atoms with Gasteiger partial charge in [-0.25, -0.2) is 0 Å². The highest BCUT2D eigenvalue weighted by molar-refractivity contribution is 5.33. The van der Waals surface area contributed by atoms with Crippen molar-refractivity contribution in [2.75, 3.05) is 13.7 Å². The first-order valence-electron chi connectivity index (χ1n) is 6.69. The molecule has 0 saturated heterocycles. The molecule has 3 nitrogen and oxygen atoms in total. The van der Waals surface area contributed by atoms with Crippen LogP contribution in [0, 0.1) is 0 Å². The number of hydrogen-bond acceptors (Lipinski definition) is 3. The number of ether oxygens (including phenoxy) is 2. The Bertz CT molecular complexity index is 391. The van der Waals surface area contributed by atoms with Gasteiger partial charge in [0, 0.05) is 7.11 Å². The van der Waals surface area contributed by atoms with Crippen LogP contribution in [-0.2, 0) is 10.3 Å². The lowest BCUT2D eigenvalue weighted by molar-refractivity contribution is -0.122. The lowest BCUT2D eigenvalue weighted by Gasteiger charge is -2.39. The van der Waals surface area contributed by atoms with E-state index in [2.05, 4.69) is 0 Å². The highest BCUT2D eigenvalue weighted by Gasteiger charge is 2.40. The molecule has 0 spiro atoms. The zero-order valence-electron chi connectivity index (χ0n) is 11.2. The third-order valence-electron chi connectivity index (χ3n) is 3.74. The molecule has 18 heavy (non-hydrogen) atoms. The van der Waals surface area contributed by atoms with Gasteiger partial charge in [-0.05, 0) is 37.5 Å². The molecular formula is C15H22O3. The molecule has 2 unspecified atom stereocenters. The summed E-state index contributed by atoms with van der Waals surface area (Å²) in [5, 5.41) is 10.9. The van der Waals surface area contributed by atoms with Crippen LogP contribution in [0.5, 0.6) is 5.75 Å². The zero-order chi connectivity index (χ0) is 13.0. The van der Waals surface area contributed by atoms with E-state index in [1.54, 1.807) is 7.11 Å². The molecule has 0 bridgehead atoms. The molecule has 2 rings (SSSR count). The summed E-state index contributed by atoms with van der Waals surface area (Å²) in [6.07, 6.45) is 3.69. The van der Waals surface area contributed by atoms with Gasteiger partial charge in [0.15, 0.2) is 0 Å². The summed E-state index contributed by atoms with van der Waals surface area (Å²) in [7, 11) is 1.67. The molecule has 0 aromatic heterocycles. The lowest BCUT2D eigenvalue weighted by Crippen LogP contribution is -2.43. The van der Waals surface area contributed by atoms with Crippen molar-refractivity contribution in [1.82, 2.24) is 0 Å². The molecule has 1 N–H and O–H groups in total. The van der Waals surface area contributed by atoms with E-state index in [9.17, 15) is 5.11 Å². The highest BCUT2D eigenvalue weighted by Crippen LogP contribution is 2.39. The minimum absolute atomic E-state index is 0.122. The Kier molecular flexibility index (Phi) is 4.25. The van der Waals surface area contributed by atoms with Crippen molar-refractivity contribution < 1.29 is 14.6 Å². The molecule has 1 aromatic carbocycles. The maximum Gasteiger partial charge on any atom is 0.119 e. The summed E-state index contributed by atoms with van der Waals surface area (Å²) in [5.74, 6) is 0.809. The third kappa shape index (κ3) is 2.52. The first-order chi connectivity index (χ1) is 8.70. The van der Waals surface area contributed by atoms with Crippen molar-refractivity contribution in [2.45, 2.75) is 44.3 Å². The van der Waals surface area contributed by atoms with Crippen LogP contribution >= 0.6 is 0 Å². The average molecular weight is 250 g/mol. The molecule has 1 saturated carbocycles. The van der Waals surface area contributed by atoms with Gasteiger partial charge in [-0.2, -0.15) is 0 Å². The second-order valence-electron chi connectivity index (χ2n) is 4.86. The van der Waals surface area contributed by atoms with E-state index in [4.69, 9.17) is 9.47 Å². The van der Waals surface area contributed by atoms with Crippen molar-refractivity contribution in [3.8, 4) is 5.75 Å². The summed E-state index contributed by atoms with van der Waals surface area (Å²) in [4.78, 5) is 0. The number of methoxy groups -OCH3 is 1. The number of benzene rings is 1. The van der Waals surface area contributed by atoms with Gasteiger partial charge in [0.1, 0.15) is 11.4 Å². The normalized spacial score (nSPS) is 28.1. The minimum Gasteiger partial charge on any atom is -0.494 e. The second-order valence-corrected chi connectivity index (χ2v) is 4.86. The third-order valence-corrected chi connectivity index (χ3v) is 3.74. The van der Waals surface area contributed by atoms with Crippen LogP contribution in [0.15, 0.2) is 24.3 Å². The fourth-order valence-corrected chi connectivity index (χ4v) is 2.79. The molecule has 0 radical (unpaired) electrons. The highest BCUT2D eigenvalue weighted by atomic mass is 16.5. The van der Waals surface area contributed by atoms with Crippen molar-refractivity contribution >= 4 is 0 Å². The summed E-state index contributed by atoms with van der Waals surface area (Å²) in [6, 6.07) is 7.74. The van der Waals surface area contributed by atoms with Gasteiger partial charge in [-0.3, -0.25) is 0 Å². The molecule has 0 aliphatic heterocycles. The van der Waals surface area contributed by atoms with Crippen LogP contribution in [0.4, 0.5) is 0 Å². The molecule has 1 fully saturated rings. The Labute approximate surface area is 109 Å². The van der Waals surface area contributed by atoms with Crippen molar-refractivity contribution in [2.24, 2.45) is 0 Å². The van der Waals surface area contributed by atoms with Crippen molar-refractivity contribution in [3.05, 3.63) is 29.8 Å². The van der Waals surface area contributed by atoms with E-state index < -0.39 is 5.60 Å². The number of rotatable bonds is 4.